The van der Waals surface area contributed by atoms with Crippen LogP contribution in [0.2, 0.25) is 15.1 Å². The lowest BCUT2D eigenvalue weighted by Crippen LogP contribution is -2.07. The number of benzene rings is 1. The molecule has 2 N–H and O–H groups in total. The molecule has 1 heterocycles. The molecule has 0 bridgehead atoms. The fourth-order valence-electron chi connectivity index (χ4n) is 2.04. The van der Waals surface area contributed by atoms with E-state index in [0.717, 1.165) is 23.4 Å². The topological polar surface area (TPSA) is 53.1 Å². The Hall–Kier alpha value is -0.940. The van der Waals surface area contributed by atoms with Gasteiger partial charge in [0.15, 0.2) is 0 Å². The van der Waals surface area contributed by atoms with Crippen molar-refractivity contribution in [2.45, 2.75) is 26.5 Å². The Morgan fingerprint density at radius 3 is 2.57 bits per heavy atom. The van der Waals surface area contributed by atoms with Crippen LogP contribution in [0, 0.1) is 0 Å². The van der Waals surface area contributed by atoms with Gasteiger partial charge in [0.2, 0.25) is 0 Å². The zero-order valence-electron chi connectivity index (χ0n) is 11.8. The molecule has 0 saturated carbocycles. The molecule has 0 aliphatic rings. The molecule has 21 heavy (non-hydrogen) atoms. The van der Waals surface area contributed by atoms with Gasteiger partial charge in [0, 0.05) is 24.2 Å². The molecule has 2 aromatic rings. The Morgan fingerprint density at radius 1 is 1.29 bits per heavy atom. The standard InChI is InChI=1S/C14H16Cl3N3O/c1-3-11-13(17)12(20(2)19-11)7-21-14-8(6-18)4-9(15)5-10(14)16/h4-5H,3,6-7,18H2,1-2H3. The van der Waals surface area contributed by atoms with Crippen molar-refractivity contribution in [1.29, 1.82) is 0 Å². The maximum atomic E-state index is 6.29. The fourth-order valence-corrected chi connectivity index (χ4v) is 2.98. The molecule has 1 aromatic heterocycles. The summed E-state index contributed by atoms with van der Waals surface area (Å²) in [6.07, 6.45) is 0.766. The van der Waals surface area contributed by atoms with Crippen molar-refractivity contribution in [3.8, 4) is 5.75 Å². The average molecular weight is 349 g/mol. The quantitative estimate of drug-likeness (QED) is 0.889. The highest BCUT2D eigenvalue weighted by Crippen LogP contribution is 2.33. The third-order valence-corrected chi connectivity index (χ3v) is 4.10. The number of aryl methyl sites for hydroxylation is 2. The monoisotopic (exact) mass is 347 g/mol. The molecule has 0 saturated heterocycles. The Balaban J connectivity index is 2.27. The van der Waals surface area contributed by atoms with Crippen LogP contribution in [0.25, 0.3) is 0 Å². The summed E-state index contributed by atoms with van der Waals surface area (Å²) in [6.45, 7) is 2.55. The Bertz CT molecular complexity index is 655. The van der Waals surface area contributed by atoms with Crippen LogP contribution in [-0.2, 0) is 26.6 Å². The first kappa shape index (κ1) is 16.4. The number of nitrogens with two attached hydrogens (primary N) is 1. The second kappa shape index (κ2) is 6.88. The van der Waals surface area contributed by atoms with Gasteiger partial charge in [-0.2, -0.15) is 5.10 Å². The molecule has 0 atom stereocenters. The van der Waals surface area contributed by atoms with Gasteiger partial charge < -0.3 is 10.5 Å². The third-order valence-electron chi connectivity index (χ3n) is 3.16. The van der Waals surface area contributed by atoms with E-state index in [-0.39, 0.29) is 13.2 Å². The van der Waals surface area contributed by atoms with Gasteiger partial charge in [-0.1, -0.05) is 41.7 Å². The van der Waals surface area contributed by atoms with Crippen molar-refractivity contribution in [1.82, 2.24) is 9.78 Å². The molecule has 4 nitrogen and oxygen atoms in total. The molecule has 0 spiro atoms. The number of halogens is 3. The van der Waals surface area contributed by atoms with Gasteiger partial charge in [0.25, 0.3) is 0 Å². The summed E-state index contributed by atoms with van der Waals surface area (Å²) in [5, 5.41) is 5.93. The highest BCUT2D eigenvalue weighted by Gasteiger charge is 2.16. The summed E-state index contributed by atoms with van der Waals surface area (Å²) in [5.41, 5.74) is 8.09. The predicted molar refractivity (Wildman–Crippen MR) is 86.3 cm³/mol. The van der Waals surface area contributed by atoms with E-state index >= 15 is 0 Å². The molecular formula is C14H16Cl3N3O. The van der Waals surface area contributed by atoms with Gasteiger partial charge >= 0.3 is 0 Å². The van der Waals surface area contributed by atoms with Crippen LogP contribution in [0.15, 0.2) is 12.1 Å². The third kappa shape index (κ3) is 3.46. The van der Waals surface area contributed by atoms with Crippen LogP contribution in [-0.4, -0.2) is 9.78 Å². The van der Waals surface area contributed by atoms with Crippen molar-refractivity contribution in [2.75, 3.05) is 0 Å². The smallest absolute Gasteiger partial charge is 0.143 e. The minimum Gasteiger partial charge on any atom is -0.485 e. The van der Waals surface area contributed by atoms with Crippen LogP contribution in [0.1, 0.15) is 23.9 Å². The molecule has 1 aromatic carbocycles. The van der Waals surface area contributed by atoms with Crippen molar-refractivity contribution in [2.24, 2.45) is 12.8 Å². The minimum atomic E-state index is 0.261. The van der Waals surface area contributed by atoms with Gasteiger partial charge in [-0.3, -0.25) is 4.68 Å². The van der Waals surface area contributed by atoms with E-state index in [1.165, 1.54) is 0 Å². The summed E-state index contributed by atoms with van der Waals surface area (Å²) in [4.78, 5) is 0. The second-order valence-corrected chi connectivity index (χ2v) is 5.77. The summed E-state index contributed by atoms with van der Waals surface area (Å²) in [5.74, 6) is 0.527. The van der Waals surface area contributed by atoms with Crippen molar-refractivity contribution < 1.29 is 4.74 Å². The zero-order valence-corrected chi connectivity index (χ0v) is 14.1. The Labute approximate surface area is 138 Å². The average Bonchev–Trinajstić information content (AvgIpc) is 2.72. The summed E-state index contributed by atoms with van der Waals surface area (Å²) in [6, 6.07) is 3.37. The molecule has 0 fully saturated rings. The summed E-state index contributed by atoms with van der Waals surface area (Å²) in [7, 11) is 1.83. The van der Waals surface area contributed by atoms with E-state index in [9.17, 15) is 0 Å². The SMILES string of the molecule is CCc1nn(C)c(COc2c(Cl)cc(Cl)cc2CN)c1Cl. The maximum Gasteiger partial charge on any atom is 0.143 e. The van der Waals surface area contributed by atoms with Crippen LogP contribution in [0.3, 0.4) is 0 Å². The van der Waals surface area contributed by atoms with E-state index in [4.69, 9.17) is 45.3 Å². The van der Waals surface area contributed by atoms with Crippen molar-refractivity contribution in [3.63, 3.8) is 0 Å². The molecule has 7 heteroatoms. The maximum absolute atomic E-state index is 6.29. The van der Waals surface area contributed by atoms with Gasteiger partial charge in [-0.25, -0.2) is 0 Å². The first-order valence-corrected chi connectivity index (χ1v) is 7.62. The normalized spacial score (nSPS) is 11.0. The van der Waals surface area contributed by atoms with Gasteiger partial charge in [-0.15, -0.1) is 0 Å². The molecule has 0 aliphatic heterocycles. The highest BCUT2D eigenvalue weighted by atomic mass is 35.5. The van der Waals surface area contributed by atoms with E-state index in [2.05, 4.69) is 5.10 Å². The first-order valence-electron chi connectivity index (χ1n) is 6.48. The van der Waals surface area contributed by atoms with Gasteiger partial charge in [0.05, 0.1) is 21.4 Å². The Kier molecular flexibility index (Phi) is 5.38. The van der Waals surface area contributed by atoms with Gasteiger partial charge in [-0.05, 0) is 18.6 Å². The molecule has 0 unspecified atom stereocenters. The van der Waals surface area contributed by atoms with E-state index in [1.54, 1.807) is 16.8 Å². The number of hydrogen-bond acceptors (Lipinski definition) is 3. The molecule has 0 radical (unpaired) electrons. The van der Waals surface area contributed by atoms with Crippen molar-refractivity contribution in [3.05, 3.63) is 44.2 Å². The summed E-state index contributed by atoms with van der Waals surface area (Å²) >= 11 is 18.4. The predicted octanol–water partition coefficient (Wildman–Crippen LogP) is 3.98. The fraction of sp³-hybridized carbons (Fsp3) is 0.357. The highest BCUT2D eigenvalue weighted by molar-refractivity contribution is 6.35. The lowest BCUT2D eigenvalue weighted by atomic mass is 10.2. The first-order chi connectivity index (χ1) is 9.97. The summed E-state index contributed by atoms with van der Waals surface area (Å²) < 4.78 is 7.52. The van der Waals surface area contributed by atoms with Crippen LogP contribution in [0.5, 0.6) is 5.75 Å². The van der Waals surface area contributed by atoms with Crippen LogP contribution in [0.4, 0.5) is 0 Å². The molecule has 0 aliphatic carbocycles. The van der Waals surface area contributed by atoms with E-state index in [0.29, 0.717) is 20.8 Å². The Morgan fingerprint density at radius 2 is 2.00 bits per heavy atom. The number of rotatable bonds is 5. The lowest BCUT2D eigenvalue weighted by molar-refractivity contribution is 0.292. The molecule has 2 rings (SSSR count). The van der Waals surface area contributed by atoms with E-state index < -0.39 is 0 Å². The second-order valence-electron chi connectivity index (χ2n) is 4.55. The van der Waals surface area contributed by atoms with Crippen LogP contribution < -0.4 is 10.5 Å². The lowest BCUT2D eigenvalue weighted by Gasteiger charge is -2.13. The number of hydrogen-bond donors (Lipinski definition) is 1. The number of nitrogens with zero attached hydrogens (tertiary/aromatic N) is 2. The van der Waals surface area contributed by atoms with Gasteiger partial charge in [0.1, 0.15) is 12.4 Å². The van der Waals surface area contributed by atoms with Crippen molar-refractivity contribution >= 4 is 34.8 Å². The molecule has 114 valence electrons. The number of ether oxygens (including phenoxy) is 1. The largest absolute Gasteiger partial charge is 0.485 e. The molecule has 0 amide bonds. The van der Waals surface area contributed by atoms with Crippen LogP contribution >= 0.6 is 34.8 Å². The van der Waals surface area contributed by atoms with E-state index in [1.807, 2.05) is 14.0 Å². The number of aromatic nitrogens is 2. The minimum absolute atomic E-state index is 0.261. The zero-order chi connectivity index (χ0) is 15.6. The molecular weight excluding hydrogens is 333 g/mol.